The number of amides is 4. The Hall–Kier alpha value is -9.06. The van der Waals surface area contributed by atoms with Gasteiger partial charge in [0.2, 0.25) is 0 Å². The van der Waals surface area contributed by atoms with E-state index in [1.807, 2.05) is 75.4 Å². The number of ether oxygens (including phenoxy) is 11. The minimum absolute atomic E-state index is 0.0298. The first kappa shape index (κ1) is 85.0. The van der Waals surface area contributed by atoms with Gasteiger partial charge in [0.1, 0.15) is 46.9 Å². The number of carbonyl (C=O) groups excluding carboxylic acids is 10. The van der Waals surface area contributed by atoms with Crippen molar-refractivity contribution in [3.05, 3.63) is 120 Å². The van der Waals surface area contributed by atoms with Gasteiger partial charge < -0.3 is 78.9 Å². The second-order valence-electron chi connectivity index (χ2n) is 25.8. The third kappa shape index (κ3) is 37.1. The Balaban J connectivity index is 0.000000613. The second kappa shape index (κ2) is 41.0. The highest BCUT2D eigenvalue weighted by Crippen LogP contribution is 2.28. The molecule has 0 aliphatic carbocycles. The fourth-order valence-corrected chi connectivity index (χ4v) is 8.40. The SMILES string of the molecule is C=C(NC(=O)OC(C)(C)C)C(=O)OC.COC(=O)C1(N)CCN(Cc2ccccc2)C1.COC(=O)CC1(NC(=O)OC(C)(C)C)CCN(Cc2ccccc2)C1.COC(=O)[C@H](CO)NC(=O)OC(C)(C)C.COC(=O)[C@H](COC(=O)OCc1ccccc1)NC(=O)OC(C)(C)C. The fourth-order valence-electron chi connectivity index (χ4n) is 8.40. The lowest BCUT2D eigenvalue weighted by atomic mass is 9.94. The molecule has 96 heavy (non-hydrogen) atoms. The number of esters is 5. The number of aliphatic hydroxyl groups is 1. The number of methoxy groups -OCH3 is 5. The molecule has 2 heterocycles. The lowest BCUT2D eigenvalue weighted by molar-refractivity contribution is -0.147. The molecule has 0 radical (unpaired) electrons. The first-order valence-corrected chi connectivity index (χ1v) is 30.5. The maximum absolute atomic E-state index is 12.3. The van der Waals surface area contributed by atoms with Gasteiger partial charge in [0.25, 0.3) is 0 Å². The van der Waals surface area contributed by atoms with Crippen molar-refractivity contribution >= 4 is 60.4 Å². The van der Waals surface area contributed by atoms with Crippen LogP contribution in [0.3, 0.4) is 0 Å². The molecule has 3 aromatic carbocycles. The van der Waals surface area contributed by atoms with Crippen molar-refractivity contribution in [2.75, 3.05) is 74.9 Å². The molecule has 0 bridgehead atoms. The Morgan fingerprint density at radius 3 is 1.38 bits per heavy atom. The molecule has 0 saturated carbocycles. The number of hydrogen-bond acceptors (Lipinski definition) is 25. The average Bonchev–Trinajstić information content (AvgIpc) is 1.67. The van der Waals surface area contributed by atoms with Crippen molar-refractivity contribution in [3.8, 4) is 0 Å². The third-order valence-electron chi connectivity index (χ3n) is 12.6. The van der Waals surface area contributed by atoms with Gasteiger partial charge in [-0.2, -0.15) is 0 Å². The predicted molar refractivity (Wildman–Crippen MR) is 351 cm³/mol. The van der Waals surface area contributed by atoms with Crippen LogP contribution in [0.25, 0.3) is 0 Å². The minimum atomic E-state index is -1.20. The van der Waals surface area contributed by atoms with Crippen LogP contribution in [0.15, 0.2) is 103 Å². The standard InChI is InChI=1S/C19H28N2O4.C17H23NO7.C13H18N2O2.C9H17NO5.C9H15NO4/c1-18(2,3)25-17(23)20-19(12-16(22)24-4)10-11-21(14-19)13-15-8-6-5-7-9-15;1-17(2,3)25-15(20)18-13(14(19)22-4)11-24-16(21)23-10-12-8-6-5-7-9-12;1-17-12(16)13(14)7-8-15(10-13)9-11-5-3-2-4-6-11;1-9(2,3)15-8(13)10-6(5-11)7(12)14-4;1-6(7(11)13-5)10-8(12)14-9(2,3)4/h5-9H,10-14H2,1-4H3,(H,20,23);5-9,13H,10-11H2,1-4H3,(H,18,20);2-6H,7-10,14H2,1H3;6,11H,5H2,1-4H3,(H,10,13);1H2,2-5H3,(H,10,12)/t;13-;;6-;/m.0.0./s1. The van der Waals surface area contributed by atoms with E-state index in [0.29, 0.717) is 25.9 Å². The van der Waals surface area contributed by atoms with Crippen LogP contribution in [-0.4, -0.2) is 196 Å². The van der Waals surface area contributed by atoms with Crippen molar-refractivity contribution in [2.45, 2.75) is 168 Å². The van der Waals surface area contributed by atoms with Gasteiger partial charge in [-0.05, 0) is 113 Å². The molecule has 4 atom stereocenters. The molecule has 2 aliphatic rings. The maximum Gasteiger partial charge on any atom is 0.508 e. The van der Waals surface area contributed by atoms with E-state index in [1.54, 1.807) is 74.4 Å². The van der Waals surface area contributed by atoms with Crippen LogP contribution < -0.4 is 27.0 Å². The number of hydrogen-bond donors (Lipinski definition) is 6. The summed E-state index contributed by atoms with van der Waals surface area (Å²) in [7, 11) is 6.27. The zero-order valence-electron chi connectivity index (χ0n) is 58.5. The number of nitrogens with one attached hydrogen (secondary N) is 4. The minimum Gasteiger partial charge on any atom is -0.469 e. The highest BCUT2D eigenvalue weighted by molar-refractivity contribution is 5.91. The van der Waals surface area contributed by atoms with Crippen LogP contribution in [0.2, 0.25) is 0 Å². The summed E-state index contributed by atoms with van der Waals surface area (Å²) in [6, 6.07) is 27.1. The summed E-state index contributed by atoms with van der Waals surface area (Å²) < 4.78 is 52.8. The summed E-state index contributed by atoms with van der Waals surface area (Å²) in [6.45, 7) is 27.4. The highest BCUT2D eigenvalue weighted by atomic mass is 16.7. The van der Waals surface area contributed by atoms with E-state index in [4.69, 9.17) is 48.7 Å². The Labute approximate surface area is 562 Å². The first-order valence-electron chi connectivity index (χ1n) is 30.5. The van der Waals surface area contributed by atoms with Crippen LogP contribution in [0.4, 0.5) is 24.0 Å². The average molecular weight is 1360 g/mol. The van der Waals surface area contributed by atoms with Crippen LogP contribution >= 0.6 is 0 Å². The van der Waals surface area contributed by atoms with Crippen molar-refractivity contribution in [1.82, 2.24) is 31.1 Å². The molecule has 2 aliphatic heterocycles. The van der Waals surface area contributed by atoms with E-state index in [-0.39, 0.29) is 30.7 Å². The van der Waals surface area contributed by atoms with Gasteiger partial charge in [-0.25, -0.2) is 38.4 Å². The first-order chi connectivity index (χ1) is 44.6. The monoisotopic (exact) mass is 1360 g/mol. The Kier molecular flexibility index (Phi) is 36.3. The summed E-state index contributed by atoms with van der Waals surface area (Å²) in [5.41, 5.74) is 5.04. The van der Waals surface area contributed by atoms with Gasteiger partial charge >= 0.3 is 60.4 Å². The molecule has 2 unspecified atom stereocenters. The molecule has 29 nitrogen and oxygen atoms in total. The molecule has 536 valence electrons. The number of likely N-dealkylation sites (tertiary alicyclic amines) is 2. The molecule has 5 rings (SSSR count). The van der Waals surface area contributed by atoms with Crippen molar-refractivity contribution < 1.29 is 105 Å². The number of alkyl carbamates (subject to hydrolysis) is 4. The van der Waals surface area contributed by atoms with Gasteiger partial charge in [-0.1, -0.05) is 97.6 Å². The number of rotatable bonds is 19. The van der Waals surface area contributed by atoms with E-state index < -0.39 is 107 Å². The molecule has 0 spiro atoms. The molecular formula is C67H101N7O22. The van der Waals surface area contributed by atoms with Gasteiger partial charge in [-0.3, -0.25) is 24.7 Å². The zero-order valence-corrected chi connectivity index (χ0v) is 58.5. The van der Waals surface area contributed by atoms with E-state index in [0.717, 1.165) is 38.9 Å². The normalized spacial score (nSPS) is 16.4. The maximum atomic E-state index is 12.3. The molecule has 2 fully saturated rings. The molecule has 0 aromatic heterocycles. The Morgan fingerprint density at radius 2 is 0.948 bits per heavy atom. The lowest BCUT2D eigenvalue weighted by Gasteiger charge is -2.31. The van der Waals surface area contributed by atoms with Gasteiger partial charge in [0.05, 0.1) is 54.1 Å². The predicted octanol–water partition coefficient (Wildman–Crippen LogP) is 7.13. The highest BCUT2D eigenvalue weighted by Gasteiger charge is 2.43. The summed E-state index contributed by atoms with van der Waals surface area (Å²) in [4.78, 5) is 119. The van der Waals surface area contributed by atoms with E-state index in [2.05, 4.69) is 76.1 Å². The van der Waals surface area contributed by atoms with Gasteiger partial charge in [0.15, 0.2) is 12.1 Å². The molecular weight excluding hydrogens is 1250 g/mol. The van der Waals surface area contributed by atoms with Gasteiger partial charge in [-0.15, -0.1) is 0 Å². The Morgan fingerprint density at radius 1 is 0.531 bits per heavy atom. The number of benzene rings is 3. The fraction of sp³-hybridized carbons (Fsp3) is 0.552. The van der Waals surface area contributed by atoms with Crippen molar-refractivity contribution in [3.63, 3.8) is 0 Å². The quantitative estimate of drug-likeness (QED) is 0.0395. The Bertz CT molecular complexity index is 2950. The molecule has 7 N–H and O–H groups in total. The third-order valence-corrected chi connectivity index (χ3v) is 12.6. The van der Waals surface area contributed by atoms with E-state index in [1.165, 1.54) is 39.6 Å². The summed E-state index contributed by atoms with van der Waals surface area (Å²) in [6.07, 6.45) is -2.33. The summed E-state index contributed by atoms with van der Waals surface area (Å²) >= 11 is 0. The zero-order chi connectivity index (χ0) is 73.1. The van der Waals surface area contributed by atoms with Crippen LogP contribution in [0.1, 0.15) is 119 Å². The largest absolute Gasteiger partial charge is 0.508 e. The molecule has 2 saturated heterocycles. The number of aliphatic hydroxyl groups excluding tert-OH is 1. The van der Waals surface area contributed by atoms with Crippen molar-refractivity contribution in [2.24, 2.45) is 5.73 Å². The second-order valence-corrected chi connectivity index (χ2v) is 25.8. The van der Waals surface area contributed by atoms with Crippen molar-refractivity contribution in [1.29, 1.82) is 0 Å². The topological polar surface area (TPSA) is 373 Å². The number of nitrogens with two attached hydrogens (primary N) is 1. The summed E-state index contributed by atoms with van der Waals surface area (Å²) in [5, 5.41) is 18.4. The van der Waals surface area contributed by atoms with Crippen LogP contribution in [0, 0.1) is 0 Å². The molecule has 3 aromatic rings. The molecule has 4 amide bonds. The number of nitrogens with zero attached hydrogens (tertiary/aromatic N) is 2. The van der Waals surface area contributed by atoms with Gasteiger partial charge in [0, 0.05) is 39.3 Å². The summed E-state index contributed by atoms with van der Waals surface area (Å²) in [5.74, 6) is -2.84. The van der Waals surface area contributed by atoms with Crippen LogP contribution in [-0.2, 0) is 95.8 Å². The lowest BCUT2D eigenvalue weighted by Crippen LogP contribution is -2.53. The molecule has 29 heteroatoms. The van der Waals surface area contributed by atoms with E-state index >= 15 is 0 Å². The van der Waals surface area contributed by atoms with E-state index in [9.17, 15) is 47.9 Å². The van der Waals surface area contributed by atoms with Crippen LogP contribution in [0.5, 0.6) is 0 Å². The number of carbonyl (C=O) groups is 10. The smallest absolute Gasteiger partial charge is 0.469 e.